The molecule has 0 aromatic heterocycles. The lowest BCUT2D eigenvalue weighted by atomic mass is 10.0. The van der Waals surface area contributed by atoms with Crippen molar-refractivity contribution in [3.05, 3.63) is 48.6 Å². The zero-order chi connectivity index (χ0) is 50.7. The Morgan fingerprint density at radius 1 is 0.286 bits per heavy atom. The average molecular weight is 982 g/mol. The van der Waals surface area contributed by atoms with Gasteiger partial charge in [0.05, 0.1) is 0 Å². The first-order valence-corrected chi connectivity index (χ1v) is 30.6. The van der Waals surface area contributed by atoms with Crippen LogP contribution in [0.2, 0.25) is 0 Å². The zero-order valence-electron chi connectivity index (χ0n) is 46.8. The molecule has 0 fully saturated rings. The maximum atomic E-state index is 12.9. The normalized spacial score (nSPS) is 12.3. The number of unbranched alkanes of at least 4 members (excludes halogenated alkanes) is 37. The second-order valence-corrected chi connectivity index (χ2v) is 20.6. The third-order valence-electron chi connectivity index (χ3n) is 13.6. The predicted octanol–water partition coefficient (Wildman–Crippen LogP) is 20.6. The molecule has 0 amide bonds. The minimum Gasteiger partial charge on any atom is -0.462 e. The average Bonchev–Trinajstić information content (AvgIpc) is 3.36. The molecule has 0 spiro atoms. The Morgan fingerprint density at radius 2 is 0.514 bits per heavy atom. The number of esters is 3. The molecule has 0 aliphatic heterocycles. The molecule has 0 aromatic rings. The lowest BCUT2D eigenvalue weighted by Crippen LogP contribution is -2.30. The van der Waals surface area contributed by atoms with E-state index in [0.717, 1.165) is 83.5 Å². The van der Waals surface area contributed by atoms with Crippen LogP contribution in [-0.2, 0) is 28.6 Å². The van der Waals surface area contributed by atoms with Crippen LogP contribution < -0.4 is 0 Å². The first-order chi connectivity index (χ1) is 34.5. The minimum absolute atomic E-state index is 0.0768. The van der Waals surface area contributed by atoms with Crippen molar-refractivity contribution in [1.29, 1.82) is 0 Å². The molecule has 0 aromatic carbocycles. The molecule has 0 N–H and O–H groups in total. The number of allylic oxidation sites excluding steroid dienone is 8. The third-order valence-corrected chi connectivity index (χ3v) is 13.6. The molecule has 1 atom stereocenters. The molecule has 6 nitrogen and oxygen atoms in total. The topological polar surface area (TPSA) is 78.9 Å². The van der Waals surface area contributed by atoms with E-state index in [1.165, 1.54) is 199 Å². The van der Waals surface area contributed by atoms with E-state index in [4.69, 9.17) is 14.2 Å². The number of hydrogen-bond acceptors (Lipinski definition) is 6. The monoisotopic (exact) mass is 981 g/mol. The zero-order valence-corrected chi connectivity index (χ0v) is 46.8. The highest BCUT2D eigenvalue weighted by Gasteiger charge is 2.19. The molecule has 0 saturated carbocycles. The maximum Gasteiger partial charge on any atom is 0.306 e. The molecule has 0 rings (SSSR count). The Hall–Kier alpha value is -2.63. The highest BCUT2D eigenvalue weighted by molar-refractivity contribution is 5.71. The summed E-state index contributed by atoms with van der Waals surface area (Å²) in [5.41, 5.74) is 0. The highest BCUT2D eigenvalue weighted by Crippen LogP contribution is 2.17. The third kappa shape index (κ3) is 56.3. The molecule has 0 saturated heterocycles. The fourth-order valence-corrected chi connectivity index (χ4v) is 8.92. The van der Waals surface area contributed by atoms with Crippen LogP contribution in [-0.4, -0.2) is 37.2 Å². The van der Waals surface area contributed by atoms with Crippen molar-refractivity contribution in [2.24, 2.45) is 0 Å². The van der Waals surface area contributed by atoms with Crippen molar-refractivity contribution in [1.82, 2.24) is 0 Å². The Morgan fingerprint density at radius 3 is 0.814 bits per heavy atom. The van der Waals surface area contributed by atoms with Gasteiger partial charge in [0.2, 0.25) is 0 Å². The first-order valence-electron chi connectivity index (χ1n) is 30.6. The minimum atomic E-state index is -0.779. The van der Waals surface area contributed by atoms with Crippen molar-refractivity contribution < 1.29 is 28.6 Å². The van der Waals surface area contributed by atoms with Gasteiger partial charge in [-0.15, -0.1) is 0 Å². The van der Waals surface area contributed by atoms with Gasteiger partial charge in [-0.3, -0.25) is 14.4 Å². The molecule has 0 bridgehead atoms. The van der Waals surface area contributed by atoms with E-state index in [0.29, 0.717) is 19.3 Å². The van der Waals surface area contributed by atoms with Crippen LogP contribution in [0, 0.1) is 0 Å². The van der Waals surface area contributed by atoms with E-state index in [1.807, 2.05) is 0 Å². The molecule has 0 unspecified atom stereocenters. The quantitative estimate of drug-likeness (QED) is 0.0261. The van der Waals surface area contributed by atoms with Crippen molar-refractivity contribution in [3.63, 3.8) is 0 Å². The standard InChI is InChI=1S/C64H116O6/c1-4-7-10-13-16-19-22-25-28-30-32-34-36-39-42-45-48-51-54-57-63(66)69-60-61(59-68-62(65)56-53-50-47-44-41-38-35-27-24-21-18-15-12-9-6-3)70-64(67)58-55-52-49-46-43-40-37-33-31-29-26-23-20-17-14-11-8-5-2/h16,18-19,21,25,27-28,35,61H,4-15,17,20,22-24,26,29-34,36-60H2,1-3H3/b19-16-,21-18-,28-25-,35-27-/t61-/m1/s1. The lowest BCUT2D eigenvalue weighted by Gasteiger charge is -2.18. The first kappa shape index (κ1) is 67.4. The Bertz CT molecular complexity index is 1220. The number of carbonyl (C=O) groups excluding carboxylic acids is 3. The van der Waals surface area contributed by atoms with Crippen LogP contribution >= 0.6 is 0 Å². The van der Waals surface area contributed by atoms with Gasteiger partial charge in [-0.1, -0.05) is 268 Å². The molecule has 0 aliphatic rings. The molecular formula is C64H116O6. The second kappa shape index (κ2) is 58.9. The van der Waals surface area contributed by atoms with Gasteiger partial charge in [-0.05, 0) is 83.5 Å². The summed E-state index contributed by atoms with van der Waals surface area (Å²) in [6.45, 7) is 6.62. The summed E-state index contributed by atoms with van der Waals surface area (Å²) in [4.78, 5) is 38.2. The number of ether oxygens (including phenoxy) is 3. The van der Waals surface area contributed by atoms with E-state index in [1.54, 1.807) is 0 Å². The Labute approximate surface area is 435 Å². The van der Waals surface area contributed by atoms with Gasteiger partial charge in [-0.25, -0.2) is 0 Å². The van der Waals surface area contributed by atoms with E-state index < -0.39 is 6.10 Å². The lowest BCUT2D eigenvalue weighted by molar-refractivity contribution is -0.167. The van der Waals surface area contributed by atoms with Crippen LogP contribution in [0.1, 0.15) is 323 Å². The van der Waals surface area contributed by atoms with Gasteiger partial charge in [0.15, 0.2) is 6.10 Å². The fraction of sp³-hybridized carbons (Fsp3) is 0.828. The largest absolute Gasteiger partial charge is 0.462 e. The summed E-state index contributed by atoms with van der Waals surface area (Å²) >= 11 is 0. The van der Waals surface area contributed by atoms with Crippen LogP contribution in [0.15, 0.2) is 48.6 Å². The van der Waals surface area contributed by atoms with Crippen molar-refractivity contribution in [2.45, 2.75) is 329 Å². The molecule has 0 aliphatic carbocycles. The molecule has 0 heterocycles. The molecule has 6 heteroatoms. The summed E-state index contributed by atoms with van der Waals surface area (Å²) in [5, 5.41) is 0. The van der Waals surface area contributed by atoms with Gasteiger partial charge in [-0.2, -0.15) is 0 Å². The van der Waals surface area contributed by atoms with Crippen LogP contribution in [0.5, 0.6) is 0 Å². The highest BCUT2D eigenvalue weighted by atomic mass is 16.6. The fourth-order valence-electron chi connectivity index (χ4n) is 8.92. The van der Waals surface area contributed by atoms with Gasteiger partial charge in [0.25, 0.3) is 0 Å². The number of hydrogen-bond donors (Lipinski definition) is 0. The molecular weight excluding hydrogens is 865 g/mol. The predicted molar refractivity (Wildman–Crippen MR) is 302 cm³/mol. The Kier molecular flexibility index (Phi) is 56.7. The SMILES string of the molecule is CCCCC/C=C\C/C=C\CCCCCCCCCCCC(=O)OC[C@@H](COC(=O)CCCCCCC/C=C\C/C=C\CCCCC)OC(=O)CCCCCCCCCCCCCCCCCCCC. The summed E-state index contributed by atoms with van der Waals surface area (Å²) in [6, 6.07) is 0. The van der Waals surface area contributed by atoms with Gasteiger partial charge >= 0.3 is 17.9 Å². The van der Waals surface area contributed by atoms with Gasteiger partial charge in [0, 0.05) is 19.3 Å². The number of carbonyl (C=O) groups is 3. The van der Waals surface area contributed by atoms with E-state index in [2.05, 4.69) is 69.4 Å². The van der Waals surface area contributed by atoms with E-state index in [-0.39, 0.29) is 31.1 Å². The smallest absolute Gasteiger partial charge is 0.306 e. The van der Waals surface area contributed by atoms with Gasteiger partial charge in [0.1, 0.15) is 13.2 Å². The summed E-state index contributed by atoms with van der Waals surface area (Å²) in [5.74, 6) is -0.876. The maximum absolute atomic E-state index is 12.9. The van der Waals surface area contributed by atoms with Crippen molar-refractivity contribution in [2.75, 3.05) is 13.2 Å². The Balaban J connectivity index is 4.36. The summed E-state index contributed by atoms with van der Waals surface area (Å²) in [7, 11) is 0. The second-order valence-electron chi connectivity index (χ2n) is 20.6. The molecule has 408 valence electrons. The van der Waals surface area contributed by atoms with E-state index >= 15 is 0 Å². The van der Waals surface area contributed by atoms with E-state index in [9.17, 15) is 14.4 Å². The number of rotatable bonds is 56. The summed E-state index contributed by atoms with van der Waals surface area (Å²) < 4.78 is 16.9. The van der Waals surface area contributed by atoms with Crippen LogP contribution in [0.3, 0.4) is 0 Å². The molecule has 0 radical (unpaired) electrons. The van der Waals surface area contributed by atoms with Crippen molar-refractivity contribution >= 4 is 17.9 Å². The summed E-state index contributed by atoms with van der Waals surface area (Å²) in [6.07, 6.45) is 72.4. The van der Waals surface area contributed by atoms with Gasteiger partial charge < -0.3 is 14.2 Å². The molecule has 70 heavy (non-hydrogen) atoms. The van der Waals surface area contributed by atoms with Crippen molar-refractivity contribution in [3.8, 4) is 0 Å². The van der Waals surface area contributed by atoms with Crippen LogP contribution in [0.25, 0.3) is 0 Å². The van der Waals surface area contributed by atoms with Crippen LogP contribution in [0.4, 0.5) is 0 Å².